The lowest BCUT2D eigenvalue weighted by Crippen LogP contribution is -2.49. The molecular weight excluding hydrogens is 415 g/mol. The number of Topliss-reactive ketones (excluding diaryl/α,β-unsaturated/α-hetero) is 1. The van der Waals surface area contributed by atoms with Crippen molar-refractivity contribution in [2.24, 2.45) is 5.92 Å². The second-order valence-electron chi connectivity index (χ2n) is 8.76. The van der Waals surface area contributed by atoms with Crippen LogP contribution in [0.25, 0.3) is 0 Å². The Morgan fingerprint density at radius 1 is 1.10 bits per heavy atom. The second-order valence-corrected chi connectivity index (χ2v) is 9.17. The predicted molar refractivity (Wildman–Crippen MR) is 121 cm³/mol. The van der Waals surface area contributed by atoms with E-state index in [0.717, 1.165) is 62.5 Å². The summed E-state index contributed by atoms with van der Waals surface area (Å²) in [6, 6.07) is 11.7. The van der Waals surface area contributed by atoms with Crippen LogP contribution in [0.5, 0.6) is 0 Å². The van der Waals surface area contributed by atoms with Crippen LogP contribution in [-0.2, 0) is 11.2 Å². The molecule has 2 fully saturated rings. The molecule has 0 spiro atoms. The Bertz CT molecular complexity index is 968. The van der Waals surface area contributed by atoms with Gasteiger partial charge in [0.05, 0.1) is 5.02 Å². The van der Waals surface area contributed by atoms with Gasteiger partial charge in [-0.25, -0.2) is 4.39 Å². The van der Waals surface area contributed by atoms with Crippen molar-refractivity contribution in [3.05, 3.63) is 64.4 Å². The maximum absolute atomic E-state index is 13.3. The van der Waals surface area contributed by atoms with Crippen molar-refractivity contribution < 1.29 is 14.0 Å². The van der Waals surface area contributed by atoms with Gasteiger partial charge in [0, 0.05) is 29.6 Å². The molecule has 1 saturated heterocycles. The second kappa shape index (κ2) is 9.49. The summed E-state index contributed by atoms with van der Waals surface area (Å²) in [4.78, 5) is 30.4. The molecule has 1 amide bonds. The summed E-state index contributed by atoms with van der Waals surface area (Å²) in [6.45, 7) is 1.95. The third-order valence-electron chi connectivity index (χ3n) is 6.53. The van der Waals surface area contributed by atoms with Gasteiger partial charge in [-0.1, -0.05) is 30.2 Å². The van der Waals surface area contributed by atoms with Crippen LogP contribution >= 0.6 is 11.6 Å². The van der Waals surface area contributed by atoms with Crippen LogP contribution in [-0.4, -0.2) is 42.8 Å². The van der Waals surface area contributed by atoms with Gasteiger partial charge >= 0.3 is 0 Å². The zero-order valence-electron chi connectivity index (χ0n) is 17.8. The molecule has 1 aliphatic carbocycles. The fraction of sp³-hybridized carbons (Fsp3) is 0.440. The van der Waals surface area contributed by atoms with Crippen molar-refractivity contribution in [1.82, 2.24) is 4.90 Å². The van der Waals surface area contributed by atoms with Gasteiger partial charge in [-0.2, -0.15) is 0 Å². The first-order valence-corrected chi connectivity index (χ1v) is 11.4. The highest BCUT2D eigenvalue weighted by molar-refractivity contribution is 6.34. The van der Waals surface area contributed by atoms with Gasteiger partial charge in [0.15, 0.2) is 5.78 Å². The number of amides is 1. The molecule has 2 aromatic carbocycles. The van der Waals surface area contributed by atoms with Gasteiger partial charge in [0.25, 0.3) is 0 Å². The van der Waals surface area contributed by atoms with Crippen LogP contribution in [0.1, 0.15) is 48.0 Å². The molecule has 0 unspecified atom stereocenters. The van der Waals surface area contributed by atoms with Crippen LogP contribution in [0.3, 0.4) is 0 Å². The Morgan fingerprint density at radius 2 is 1.84 bits per heavy atom. The minimum absolute atomic E-state index is 0.114. The summed E-state index contributed by atoms with van der Waals surface area (Å²) in [7, 11) is 2.11. The number of likely N-dealkylation sites (tertiary alicyclic amines) is 1. The van der Waals surface area contributed by atoms with Gasteiger partial charge in [-0.3, -0.25) is 9.59 Å². The Hall–Kier alpha value is -2.24. The highest BCUT2D eigenvalue weighted by Crippen LogP contribution is 2.33. The first-order chi connectivity index (χ1) is 14.9. The lowest BCUT2D eigenvalue weighted by molar-refractivity contribution is -0.125. The molecule has 0 bridgehead atoms. The van der Waals surface area contributed by atoms with Crippen LogP contribution in [0.15, 0.2) is 42.5 Å². The highest BCUT2D eigenvalue weighted by atomic mass is 35.5. The summed E-state index contributed by atoms with van der Waals surface area (Å²) < 4.78 is 13.3. The first-order valence-electron chi connectivity index (χ1n) is 11.0. The van der Waals surface area contributed by atoms with E-state index in [9.17, 15) is 14.0 Å². The monoisotopic (exact) mass is 442 g/mol. The number of nitrogens with zero attached hydrogens (tertiary/aromatic N) is 2. The molecule has 1 aliphatic heterocycles. The van der Waals surface area contributed by atoms with Gasteiger partial charge in [0.2, 0.25) is 5.91 Å². The smallest absolute Gasteiger partial charge is 0.230 e. The lowest BCUT2D eigenvalue weighted by atomic mass is 9.83. The molecule has 0 radical (unpaired) electrons. The first kappa shape index (κ1) is 22.0. The predicted octanol–water partition coefficient (Wildman–Crippen LogP) is 5.13. The summed E-state index contributed by atoms with van der Waals surface area (Å²) >= 11 is 6.07. The zero-order valence-corrected chi connectivity index (χ0v) is 18.6. The van der Waals surface area contributed by atoms with E-state index in [1.165, 1.54) is 12.1 Å². The molecule has 4 nitrogen and oxygen atoms in total. The van der Waals surface area contributed by atoms with Crippen molar-refractivity contribution in [2.45, 2.75) is 44.6 Å². The average Bonchev–Trinajstić information content (AvgIpc) is 2.68. The summed E-state index contributed by atoms with van der Waals surface area (Å²) in [5, 5.41) is 0.120. The van der Waals surface area contributed by atoms with E-state index in [2.05, 4.69) is 11.9 Å². The van der Waals surface area contributed by atoms with Crippen molar-refractivity contribution in [3.8, 4) is 0 Å². The summed E-state index contributed by atoms with van der Waals surface area (Å²) in [5.74, 6) is -0.307. The molecule has 6 heteroatoms. The summed E-state index contributed by atoms with van der Waals surface area (Å²) in [5.41, 5.74) is 2.00. The number of hydrogen-bond acceptors (Lipinski definition) is 3. The molecule has 0 aromatic heterocycles. The molecule has 31 heavy (non-hydrogen) atoms. The van der Waals surface area contributed by atoms with Crippen molar-refractivity contribution >= 4 is 29.0 Å². The number of benzene rings is 2. The van der Waals surface area contributed by atoms with Crippen LogP contribution in [0.4, 0.5) is 10.1 Å². The number of piperidine rings is 1. The molecule has 1 heterocycles. The fourth-order valence-corrected chi connectivity index (χ4v) is 4.71. The number of carbonyl (C=O) groups excluding carboxylic acids is 2. The van der Waals surface area contributed by atoms with Gasteiger partial charge in [-0.05, 0) is 81.7 Å². The third-order valence-corrected chi connectivity index (χ3v) is 6.84. The molecule has 2 aliphatic rings. The maximum Gasteiger partial charge on any atom is 0.230 e. The molecule has 164 valence electrons. The number of rotatable bonds is 6. The Labute approximate surface area is 188 Å². The Kier molecular flexibility index (Phi) is 6.73. The standard InChI is InChI=1S/C25H28ClFN2O2/c1-28-12-10-20(11-13-28)29(25(31)18-5-3-6-18)21-7-2-4-17(14-21)15-24(30)22-9-8-19(27)16-23(22)26/h2,4,7-9,14,16,18,20H,3,5-6,10-13,15H2,1H3. The lowest BCUT2D eigenvalue weighted by Gasteiger charge is -2.40. The normalized spacial score (nSPS) is 17.9. The number of anilines is 1. The van der Waals surface area contributed by atoms with Crippen LogP contribution in [0.2, 0.25) is 5.02 Å². The maximum atomic E-state index is 13.3. The zero-order chi connectivity index (χ0) is 22.0. The van der Waals surface area contributed by atoms with Crippen LogP contribution < -0.4 is 4.90 Å². The molecular formula is C25H28ClFN2O2. The van der Waals surface area contributed by atoms with E-state index in [0.29, 0.717) is 5.56 Å². The Balaban J connectivity index is 1.57. The summed E-state index contributed by atoms with van der Waals surface area (Å²) in [6.07, 6.45) is 5.09. The van der Waals surface area contributed by atoms with E-state index >= 15 is 0 Å². The molecule has 1 saturated carbocycles. The van der Waals surface area contributed by atoms with E-state index in [1.54, 1.807) is 0 Å². The minimum atomic E-state index is -0.466. The van der Waals surface area contributed by atoms with Crippen molar-refractivity contribution in [2.75, 3.05) is 25.0 Å². The minimum Gasteiger partial charge on any atom is -0.309 e. The highest BCUT2D eigenvalue weighted by Gasteiger charge is 2.35. The van der Waals surface area contributed by atoms with Gasteiger partial charge in [0.1, 0.15) is 5.82 Å². The number of hydrogen-bond donors (Lipinski definition) is 0. The van der Waals surface area contributed by atoms with Gasteiger partial charge < -0.3 is 9.80 Å². The van der Waals surface area contributed by atoms with Crippen molar-refractivity contribution in [3.63, 3.8) is 0 Å². The number of carbonyl (C=O) groups is 2. The third kappa shape index (κ3) is 4.99. The molecule has 0 atom stereocenters. The van der Waals surface area contributed by atoms with E-state index in [-0.39, 0.29) is 35.1 Å². The van der Waals surface area contributed by atoms with Crippen LogP contribution in [0, 0.1) is 11.7 Å². The molecule has 0 N–H and O–H groups in total. The number of ketones is 1. The largest absolute Gasteiger partial charge is 0.309 e. The topological polar surface area (TPSA) is 40.6 Å². The van der Waals surface area contributed by atoms with E-state index in [1.807, 2.05) is 29.2 Å². The SMILES string of the molecule is CN1CCC(N(C(=O)C2CCC2)c2cccc(CC(=O)c3ccc(F)cc3Cl)c2)CC1. The van der Waals surface area contributed by atoms with Crippen molar-refractivity contribution in [1.29, 1.82) is 0 Å². The molecule has 4 rings (SSSR count). The quantitative estimate of drug-likeness (QED) is 0.582. The molecule has 2 aromatic rings. The van der Waals surface area contributed by atoms with Gasteiger partial charge in [-0.15, -0.1) is 0 Å². The fourth-order valence-electron chi connectivity index (χ4n) is 4.44. The Morgan fingerprint density at radius 3 is 2.48 bits per heavy atom. The van der Waals surface area contributed by atoms with E-state index < -0.39 is 5.82 Å². The average molecular weight is 443 g/mol. The number of halogens is 2. The van der Waals surface area contributed by atoms with E-state index in [4.69, 9.17) is 11.6 Å².